The van der Waals surface area contributed by atoms with Crippen LogP contribution in [0.2, 0.25) is 0 Å². The summed E-state index contributed by atoms with van der Waals surface area (Å²) < 4.78 is 0. The van der Waals surface area contributed by atoms with Crippen molar-refractivity contribution in [3.8, 4) is 0 Å². The highest BCUT2D eigenvalue weighted by Gasteiger charge is 2.14. The molecular weight excluding hydrogens is 260 g/mol. The Kier molecular flexibility index (Phi) is 5.80. The van der Waals surface area contributed by atoms with Gasteiger partial charge in [-0.2, -0.15) is 0 Å². The smallest absolute Gasteiger partial charge is 0.224 e. The molecule has 0 saturated heterocycles. The van der Waals surface area contributed by atoms with Gasteiger partial charge in [-0.1, -0.05) is 32.0 Å². The molecule has 21 heavy (non-hydrogen) atoms. The highest BCUT2D eigenvalue weighted by atomic mass is 16.1. The van der Waals surface area contributed by atoms with Crippen molar-refractivity contribution in [2.45, 2.75) is 58.4 Å². The third-order valence-electron chi connectivity index (χ3n) is 4.18. The quantitative estimate of drug-likeness (QED) is 0.845. The molecule has 0 heterocycles. The molecule has 1 aromatic carbocycles. The van der Waals surface area contributed by atoms with Crippen LogP contribution < -0.4 is 11.1 Å². The van der Waals surface area contributed by atoms with Gasteiger partial charge < -0.3 is 11.1 Å². The molecule has 116 valence electrons. The SMILES string of the molecule is CC(C)CC(CN)NC(=O)Cc1ccc2c(c1)CCCC2. The fraction of sp³-hybridized carbons (Fsp3) is 0.611. The zero-order valence-electron chi connectivity index (χ0n) is 13.3. The van der Waals surface area contributed by atoms with Crippen molar-refractivity contribution in [3.63, 3.8) is 0 Å². The molecule has 1 aliphatic rings. The molecule has 1 atom stereocenters. The van der Waals surface area contributed by atoms with Crippen LogP contribution in [0, 0.1) is 5.92 Å². The lowest BCUT2D eigenvalue weighted by Crippen LogP contribution is -2.41. The van der Waals surface area contributed by atoms with E-state index in [1.54, 1.807) is 0 Å². The second-order valence-electron chi connectivity index (χ2n) is 6.62. The number of aryl methyl sites for hydroxylation is 2. The summed E-state index contributed by atoms with van der Waals surface area (Å²) >= 11 is 0. The van der Waals surface area contributed by atoms with Crippen LogP contribution in [-0.2, 0) is 24.1 Å². The van der Waals surface area contributed by atoms with Crippen LogP contribution in [0.1, 0.15) is 49.8 Å². The number of fused-ring (bicyclic) bond motifs is 1. The number of carbonyl (C=O) groups is 1. The predicted octanol–water partition coefficient (Wildman–Crippen LogP) is 2.60. The van der Waals surface area contributed by atoms with Crippen molar-refractivity contribution in [1.29, 1.82) is 0 Å². The Hall–Kier alpha value is -1.35. The average molecular weight is 288 g/mol. The number of carbonyl (C=O) groups excluding carboxylic acids is 1. The molecule has 1 aliphatic carbocycles. The lowest BCUT2D eigenvalue weighted by molar-refractivity contribution is -0.121. The van der Waals surface area contributed by atoms with Gasteiger partial charge in [0.15, 0.2) is 0 Å². The minimum absolute atomic E-state index is 0.0851. The summed E-state index contributed by atoms with van der Waals surface area (Å²) in [7, 11) is 0. The van der Waals surface area contributed by atoms with Gasteiger partial charge in [-0.15, -0.1) is 0 Å². The summed E-state index contributed by atoms with van der Waals surface area (Å²) in [5.74, 6) is 0.629. The van der Waals surface area contributed by atoms with Crippen LogP contribution in [-0.4, -0.2) is 18.5 Å². The number of benzene rings is 1. The Morgan fingerprint density at radius 1 is 1.24 bits per heavy atom. The van der Waals surface area contributed by atoms with E-state index in [-0.39, 0.29) is 11.9 Å². The van der Waals surface area contributed by atoms with Crippen LogP contribution in [0.3, 0.4) is 0 Å². The van der Waals surface area contributed by atoms with Crippen molar-refractivity contribution >= 4 is 5.91 Å². The standard InChI is InChI=1S/C18H28N2O/c1-13(2)9-17(12-19)20-18(21)11-14-7-8-15-5-3-4-6-16(15)10-14/h7-8,10,13,17H,3-6,9,11-12,19H2,1-2H3,(H,20,21). The molecule has 3 heteroatoms. The Morgan fingerprint density at radius 3 is 2.62 bits per heavy atom. The highest BCUT2D eigenvalue weighted by Crippen LogP contribution is 2.22. The Morgan fingerprint density at radius 2 is 1.95 bits per heavy atom. The van der Waals surface area contributed by atoms with Gasteiger partial charge in [-0.25, -0.2) is 0 Å². The van der Waals surface area contributed by atoms with Gasteiger partial charge in [0.25, 0.3) is 0 Å². The number of nitrogens with one attached hydrogen (secondary N) is 1. The second-order valence-corrected chi connectivity index (χ2v) is 6.62. The molecule has 2 rings (SSSR count). The number of hydrogen-bond acceptors (Lipinski definition) is 2. The fourth-order valence-electron chi connectivity index (χ4n) is 3.14. The molecule has 0 aliphatic heterocycles. The maximum atomic E-state index is 12.2. The topological polar surface area (TPSA) is 55.1 Å². The van der Waals surface area contributed by atoms with E-state index in [1.807, 2.05) is 0 Å². The first-order chi connectivity index (χ1) is 10.1. The summed E-state index contributed by atoms with van der Waals surface area (Å²) in [4.78, 5) is 12.2. The third kappa shape index (κ3) is 4.85. The fourth-order valence-corrected chi connectivity index (χ4v) is 3.14. The first-order valence-corrected chi connectivity index (χ1v) is 8.18. The molecule has 1 unspecified atom stereocenters. The van der Waals surface area contributed by atoms with Crippen LogP contribution >= 0.6 is 0 Å². The summed E-state index contributed by atoms with van der Waals surface area (Å²) in [6.45, 7) is 4.81. The summed E-state index contributed by atoms with van der Waals surface area (Å²) in [5.41, 5.74) is 9.76. The summed E-state index contributed by atoms with van der Waals surface area (Å²) in [6.07, 6.45) is 6.30. The van der Waals surface area contributed by atoms with Gasteiger partial charge in [0.2, 0.25) is 5.91 Å². The maximum Gasteiger partial charge on any atom is 0.224 e. The van der Waals surface area contributed by atoms with Gasteiger partial charge >= 0.3 is 0 Å². The van der Waals surface area contributed by atoms with E-state index in [1.165, 1.54) is 30.4 Å². The molecule has 1 amide bonds. The van der Waals surface area contributed by atoms with E-state index in [9.17, 15) is 4.79 Å². The van der Waals surface area contributed by atoms with Crippen molar-refractivity contribution in [3.05, 3.63) is 34.9 Å². The molecule has 0 radical (unpaired) electrons. The second kappa shape index (κ2) is 7.60. The number of rotatable bonds is 6. The summed E-state index contributed by atoms with van der Waals surface area (Å²) in [5, 5.41) is 3.06. The van der Waals surface area contributed by atoms with E-state index >= 15 is 0 Å². The molecule has 3 nitrogen and oxygen atoms in total. The predicted molar refractivity (Wildman–Crippen MR) is 87.2 cm³/mol. The molecule has 0 spiro atoms. The normalized spacial score (nSPS) is 15.6. The Balaban J connectivity index is 1.93. The highest BCUT2D eigenvalue weighted by molar-refractivity contribution is 5.79. The molecule has 1 aromatic rings. The van der Waals surface area contributed by atoms with E-state index in [2.05, 4.69) is 37.4 Å². The molecule has 0 aromatic heterocycles. The van der Waals surface area contributed by atoms with Crippen molar-refractivity contribution in [2.24, 2.45) is 11.7 Å². The van der Waals surface area contributed by atoms with Gasteiger partial charge in [-0.05, 0) is 54.7 Å². The zero-order valence-corrected chi connectivity index (χ0v) is 13.3. The summed E-state index contributed by atoms with van der Waals surface area (Å²) in [6, 6.07) is 6.61. The van der Waals surface area contributed by atoms with Crippen molar-refractivity contribution in [2.75, 3.05) is 6.54 Å². The van der Waals surface area contributed by atoms with Crippen LogP contribution in [0.25, 0.3) is 0 Å². The minimum atomic E-state index is 0.0851. The molecular formula is C18H28N2O. The van der Waals surface area contributed by atoms with E-state index in [0.717, 1.165) is 18.4 Å². The molecule has 0 saturated carbocycles. The lowest BCUT2D eigenvalue weighted by atomic mass is 9.90. The zero-order chi connectivity index (χ0) is 15.2. The van der Waals surface area contributed by atoms with Gasteiger partial charge in [0, 0.05) is 12.6 Å². The van der Waals surface area contributed by atoms with Gasteiger partial charge in [-0.3, -0.25) is 4.79 Å². The van der Waals surface area contributed by atoms with Crippen LogP contribution in [0.15, 0.2) is 18.2 Å². The largest absolute Gasteiger partial charge is 0.352 e. The van der Waals surface area contributed by atoms with Crippen molar-refractivity contribution in [1.82, 2.24) is 5.32 Å². The van der Waals surface area contributed by atoms with E-state index in [0.29, 0.717) is 18.9 Å². The minimum Gasteiger partial charge on any atom is -0.352 e. The Bertz CT molecular complexity index is 482. The maximum absolute atomic E-state index is 12.2. The first-order valence-electron chi connectivity index (χ1n) is 8.18. The molecule has 3 N–H and O–H groups in total. The van der Waals surface area contributed by atoms with Crippen molar-refractivity contribution < 1.29 is 4.79 Å². The lowest BCUT2D eigenvalue weighted by Gasteiger charge is -2.19. The first kappa shape index (κ1) is 16.0. The molecule has 0 fully saturated rings. The number of hydrogen-bond donors (Lipinski definition) is 2. The number of amides is 1. The molecule has 0 bridgehead atoms. The van der Waals surface area contributed by atoms with Gasteiger partial charge in [0.05, 0.1) is 6.42 Å². The monoisotopic (exact) mass is 288 g/mol. The van der Waals surface area contributed by atoms with E-state index in [4.69, 9.17) is 5.73 Å². The van der Waals surface area contributed by atoms with E-state index < -0.39 is 0 Å². The number of nitrogens with two attached hydrogens (primary N) is 1. The average Bonchev–Trinajstić information content (AvgIpc) is 2.45. The van der Waals surface area contributed by atoms with Crippen LogP contribution in [0.4, 0.5) is 0 Å². The van der Waals surface area contributed by atoms with Gasteiger partial charge in [0.1, 0.15) is 0 Å². The Labute approximate surface area is 128 Å². The van der Waals surface area contributed by atoms with Crippen LogP contribution in [0.5, 0.6) is 0 Å². The third-order valence-corrected chi connectivity index (χ3v) is 4.18.